The monoisotopic (exact) mass is 565 g/mol. The minimum absolute atomic E-state index is 0.0877. The highest BCUT2D eigenvalue weighted by atomic mass is 32.1. The number of hydrogen-bond acceptors (Lipinski definition) is 4. The van der Waals surface area contributed by atoms with Crippen LogP contribution in [0.3, 0.4) is 0 Å². The lowest BCUT2D eigenvalue weighted by Crippen LogP contribution is -2.35. The number of nitrogens with zero attached hydrogens (tertiary/aromatic N) is 3. The molecule has 1 aliphatic heterocycles. The van der Waals surface area contributed by atoms with Crippen LogP contribution >= 0.6 is 11.3 Å². The number of amides is 1. The van der Waals surface area contributed by atoms with Gasteiger partial charge in [-0.25, -0.2) is 4.98 Å². The van der Waals surface area contributed by atoms with Gasteiger partial charge in [-0.05, 0) is 59.9 Å². The summed E-state index contributed by atoms with van der Waals surface area (Å²) in [5.74, 6) is 0.403. The molecule has 1 aliphatic rings. The lowest BCUT2D eigenvalue weighted by atomic mass is 9.86. The Hall–Kier alpha value is -3.28. The van der Waals surface area contributed by atoms with Crippen molar-refractivity contribution in [2.24, 2.45) is 0 Å². The molecule has 0 radical (unpaired) electrons. The molecule has 0 N–H and O–H groups in total. The average molecular weight is 566 g/mol. The predicted octanol–water partition coefficient (Wildman–Crippen LogP) is 8.29. The van der Waals surface area contributed by atoms with Gasteiger partial charge in [0.15, 0.2) is 0 Å². The Labute approximate surface area is 250 Å². The smallest absolute Gasteiger partial charge is 0.273 e. The fourth-order valence-corrected chi connectivity index (χ4v) is 6.53. The van der Waals surface area contributed by atoms with E-state index in [9.17, 15) is 4.79 Å². The van der Waals surface area contributed by atoms with E-state index in [-0.39, 0.29) is 11.3 Å². The van der Waals surface area contributed by atoms with E-state index >= 15 is 0 Å². The van der Waals surface area contributed by atoms with E-state index in [1.165, 1.54) is 28.7 Å². The fourth-order valence-electron chi connectivity index (χ4n) is 5.72. The van der Waals surface area contributed by atoms with Gasteiger partial charge in [-0.3, -0.25) is 9.69 Å². The molecule has 4 nitrogen and oxygen atoms in total. The summed E-state index contributed by atoms with van der Waals surface area (Å²) in [6, 6.07) is 30.8. The summed E-state index contributed by atoms with van der Waals surface area (Å²) >= 11 is 1.61. The normalized spacial score (nSPS) is 14.1. The second-order valence-corrected chi connectivity index (χ2v) is 13.2. The van der Waals surface area contributed by atoms with Crippen LogP contribution in [0.4, 0.5) is 0 Å². The van der Waals surface area contributed by atoms with E-state index in [4.69, 9.17) is 4.98 Å². The first-order chi connectivity index (χ1) is 19.9. The van der Waals surface area contributed by atoms with E-state index in [1.807, 2.05) is 10.3 Å². The van der Waals surface area contributed by atoms with Crippen molar-refractivity contribution in [1.29, 1.82) is 0 Å². The van der Waals surface area contributed by atoms with Crippen molar-refractivity contribution in [3.8, 4) is 0 Å². The molecule has 1 amide bonds. The van der Waals surface area contributed by atoms with Crippen LogP contribution in [-0.4, -0.2) is 40.3 Å². The SMILES string of the molecule is CC(C)(C)c1ccc(CN(CCC(c2ccccc2)c2ccccc2)Cc2nc(C(=O)N3CCCCC3)cs2)cc1. The van der Waals surface area contributed by atoms with Crippen molar-refractivity contribution in [2.45, 2.75) is 70.9 Å². The quantitative estimate of drug-likeness (QED) is 0.194. The Morgan fingerprint density at radius 1 is 0.854 bits per heavy atom. The number of thiazole rings is 1. The molecule has 41 heavy (non-hydrogen) atoms. The number of hydrogen-bond donors (Lipinski definition) is 0. The average Bonchev–Trinajstić information content (AvgIpc) is 3.46. The third kappa shape index (κ3) is 7.93. The number of rotatable bonds is 10. The first-order valence-corrected chi connectivity index (χ1v) is 15.9. The fraction of sp³-hybridized carbons (Fsp3) is 0.389. The molecule has 0 saturated carbocycles. The first-order valence-electron chi connectivity index (χ1n) is 15.0. The van der Waals surface area contributed by atoms with E-state index in [1.54, 1.807) is 11.3 Å². The number of aromatic nitrogens is 1. The van der Waals surface area contributed by atoms with Gasteiger partial charge in [0, 0.05) is 30.9 Å². The molecular formula is C36H43N3OS. The second kappa shape index (κ2) is 13.6. The predicted molar refractivity (Wildman–Crippen MR) is 170 cm³/mol. The van der Waals surface area contributed by atoms with Gasteiger partial charge in [0.05, 0.1) is 6.54 Å². The summed E-state index contributed by atoms with van der Waals surface area (Å²) in [5.41, 5.74) is 6.08. The van der Waals surface area contributed by atoms with Gasteiger partial charge < -0.3 is 4.90 Å². The molecule has 3 aromatic carbocycles. The number of carbonyl (C=O) groups is 1. The minimum atomic E-state index is 0.0877. The van der Waals surface area contributed by atoms with Gasteiger partial charge >= 0.3 is 0 Å². The topological polar surface area (TPSA) is 36.4 Å². The highest BCUT2D eigenvalue weighted by molar-refractivity contribution is 7.09. The molecule has 0 aliphatic carbocycles. The third-order valence-electron chi connectivity index (χ3n) is 8.14. The number of likely N-dealkylation sites (tertiary alicyclic amines) is 1. The maximum atomic E-state index is 13.1. The zero-order chi connectivity index (χ0) is 28.7. The Morgan fingerprint density at radius 2 is 1.46 bits per heavy atom. The molecule has 0 bridgehead atoms. The van der Waals surface area contributed by atoms with Crippen LogP contribution in [0.15, 0.2) is 90.3 Å². The maximum Gasteiger partial charge on any atom is 0.273 e. The van der Waals surface area contributed by atoms with Gasteiger partial charge in [-0.15, -0.1) is 11.3 Å². The molecule has 4 aromatic rings. The molecule has 0 spiro atoms. The van der Waals surface area contributed by atoms with Crippen molar-refractivity contribution < 1.29 is 4.79 Å². The van der Waals surface area contributed by atoms with Crippen LogP contribution in [0.25, 0.3) is 0 Å². The van der Waals surface area contributed by atoms with Gasteiger partial charge in [0.25, 0.3) is 5.91 Å². The van der Waals surface area contributed by atoms with Crippen molar-refractivity contribution in [1.82, 2.24) is 14.8 Å². The van der Waals surface area contributed by atoms with E-state index in [0.29, 0.717) is 11.6 Å². The maximum absolute atomic E-state index is 13.1. The van der Waals surface area contributed by atoms with Gasteiger partial charge in [-0.1, -0.05) is 106 Å². The molecule has 0 unspecified atom stereocenters. The molecule has 5 rings (SSSR count). The summed E-state index contributed by atoms with van der Waals surface area (Å²) in [4.78, 5) is 22.4. The Balaban J connectivity index is 1.35. The molecule has 1 saturated heterocycles. The van der Waals surface area contributed by atoms with Crippen molar-refractivity contribution in [2.75, 3.05) is 19.6 Å². The summed E-state index contributed by atoms with van der Waals surface area (Å²) < 4.78 is 0. The standard InChI is InChI=1S/C36H43N3OS/c1-36(2,3)31-19-17-28(18-20-31)25-38(26-34-37-33(27-41-34)35(40)39-22-11-6-12-23-39)24-21-32(29-13-7-4-8-14-29)30-15-9-5-10-16-30/h4-5,7-10,13-20,27,32H,6,11-12,21-26H2,1-3H3. The minimum Gasteiger partial charge on any atom is -0.337 e. The zero-order valence-electron chi connectivity index (χ0n) is 24.8. The highest BCUT2D eigenvalue weighted by Crippen LogP contribution is 2.29. The van der Waals surface area contributed by atoms with Crippen LogP contribution in [0.1, 0.15) is 90.1 Å². The summed E-state index contributed by atoms with van der Waals surface area (Å²) in [7, 11) is 0. The van der Waals surface area contributed by atoms with Crippen molar-refractivity contribution in [3.63, 3.8) is 0 Å². The summed E-state index contributed by atoms with van der Waals surface area (Å²) in [6.45, 7) is 11.0. The van der Waals surface area contributed by atoms with Crippen LogP contribution in [0.2, 0.25) is 0 Å². The summed E-state index contributed by atoms with van der Waals surface area (Å²) in [5, 5.41) is 2.96. The lowest BCUT2D eigenvalue weighted by Gasteiger charge is -2.26. The Morgan fingerprint density at radius 3 is 2.05 bits per heavy atom. The number of benzene rings is 3. The van der Waals surface area contributed by atoms with Crippen LogP contribution in [-0.2, 0) is 18.5 Å². The molecule has 1 aromatic heterocycles. The molecular weight excluding hydrogens is 522 g/mol. The number of carbonyl (C=O) groups excluding carboxylic acids is 1. The van der Waals surface area contributed by atoms with Crippen molar-refractivity contribution >= 4 is 17.2 Å². The van der Waals surface area contributed by atoms with Crippen LogP contribution in [0.5, 0.6) is 0 Å². The van der Waals surface area contributed by atoms with E-state index < -0.39 is 0 Å². The molecule has 5 heteroatoms. The molecule has 0 atom stereocenters. The lowest BCUT2D eigenvalue weighted by molar-refractivity contribution is 0.0718. The van der Waals surface area contributed by atoms with Gasteiger partial charge in [-0.2, -0.15) is 0 Å². The first kappa shape index (κ1) is 29.2. The second-order valence-electron chi connectivity index (χ2n) is 12.3. The Bertz CT molecular complexity index is 1330. The zero-order valence-corrected chi connectivity index (χ0v) is 25.6. The number of piperidine rings is 1. The Kier molecular flexibility index (Phi) is 9.68. The third-order valence-corrected chi connectivity index (χ3v) is 8.97. The van der Waals surface area contributed by atoms with E-state index in [2.05, 4.69) is 111 Å². The largest absolute Gasteiger partial charge is 0.337 e. The van der Waals surface area contributed by atoms with E-state index in [0.717, 1.165) is 57.0 Å². The van der Waals surface area contributed by atoms with Gasteiger partial charge in [0.2, 0.25) is 0 Å². The van der Waals surface area contributed by atoms with Crippen LogP contribution < -0.4 is 0 Å². The molecule has 1 fully saturated rings. The van der Waals surface area contributed by atoms with Crippen molar-refractivity contribution in [3.05, 3.63) is 123 Å². The summed E-state index contributed by atoms with van der Waals surface area (Å²) in [6.07, 6.45) is 4.40. The molecule has 2 heterocycles. The van der Waals surface area contributed by atoms with Crippen LogP contribution in [0, 0.1) is 0 Å². The highest BCUT2D eigenvalue weighted by Gasteiger charge is 2.22. The van der Waals surface area contributed by atoms with Gasteiger partial charge in [0.1, 0.15) is 10.7 Å². The molecule has 214 valence electrons.